The number of benzene rings is 1. The van der Waals surface area contributed by atoms with E-state index in [-0.39, 0.29) is 17.5 Å². The van der Waals surface area contributed by atoms with Gasteiger partial charge in [0, 0.05) is 11.8 Å². The van der Waals surface area contributed by atoms with Crippen molar-refractivity contribution in [3.63, 3.8) is 0 Å². The van der Waals surface area contributed by atoms with Crippen LogP contribution in [0.4, 0.5) is 4.39 Å². The van der Waals surface area contributed by atoms with Crippen molar-refractivity contribution in [3.05, 3.63) is 59.0 Å². The van der Waals surface area contributed by atoms with E-state index in [1.807, 2.05) is 13.1 Å². The number of nitrogens with zero attached hydrogens (tertiary/aromatic N) is 1. The van der Waals surface area contributed by atoms with Crippen molar-refractivity contribution in [1.29, 1.82) is 0 Å². The third kappa shape index (κ3) is 4.14. The molecule has 0 radical (unpaired) electrons. The van der Waals surface area contributed by atoms with Crippen LogP contribution in [0.3, 0.4) is 0 Å². The third-order valence-corrected chi connectivity index (χ3v) is 5.36. The van der Waals surface area contributed by atoms with Crippen LogP contribution >= 0.6 is 0 Å². The molecule has 0 saturated heterocycles. The number of aryl methyl sites for hydroxylation is 1. The van der Waals surface area contributed by atoms with E-state index in [1.165, 1.54) is 12.1 Å². The molecule has 3 rings (SSSR count). The van der Waals surface area contributed by atoms with Crippen molar-refractivity contribution in [2.75, 3.05) is 5.75 Å². The van der Waals surface area contributed by atoms with Crippen molar-refractivity contribution < 1.29 is 12.8 Å². The molecule has 6 heteroatoms. The van der Waals surface area contributed by atoms with Crippen LogP contribution in [-0.4, -0.2) is 19.2 Å². The molecule has 1 heterocycles. The molecule has 1 aliphatic rings. The predicted molar refractivity (Wildman–Crippen MR) is 98.0 cm³/mol. The number of fused-ring (bicyclic) bond motifs is 1. The zero-order chi connectivity index (χ0) is 18.0. The summed E-state index contributed by atoms with van der Waals surface area (Å²) in [7, 11) is -3.52. The topological polar surface area (TPSA) is 73.1 Å². The summed E-state index contributed by atoms with van der Waals surface area (Å²) in [6.07, 6.45) is 8.36. The van der Waals surface area contributed by atoms with Crippen LogP contribution in [0.15, 0.2) is 36.5 Å². The Balaban J connectivity index is 2.09. The highest BCUT2D eigenvalue weighted by Crippen LogP contribution is 2.36. The minimum atomic E-state index is -3.52. The Hall–Kier alpha value is -2.05. The molecule has 4 nitrogen and oxygen atoms in total. The fraction of sp³-hybridized carbons (Fsp3) is 0.316. The van der Waals surface area contributed by atoms with E-state index in [0.717, 1.165) is 40.8 Å². The summed E-state index contributed by atoms with van der Waals surface area (Å²) in [6.45, 7) is 1.98. The highest BCUT2D eigenvalue weighted by molar-refractivity contribution is 7.89. The van der Waals surface area contributed by atoms with Gasteiger partial charge in [-0.1, -0.05) is 19.1 Å². The van der Waals surface area contributed by atoms with E-state index in [1.54, 1.807) is 12.1 Å². The molecule has 0 aliphatic heterocycles. The first kappa shape index (κ1) is 17.8. The van der Waals surface area contributed by atoms with E-state index >= 15 is 0 Å². The van der Waals surface area contributed by atoms with Gasteiger partial charge in [-0.3, -0.25) is 4.98 Å². The maximum atomic E-state index is 13.3. The molecule has 1 aromatic carbocycles. The fourth-order valence-electron chi connectivity index (χ4n) is 3.24. The largest absolute Gasteiger partial charge is 0.256 e. The molecule has 132 valence electrons. The second-order valence-corrected chi connectivity index (χ2v) is 8.20. The summed E-state index contributed by atoms with van der Waals surface area (Å²) in [4.78, 5) is 4.62. The van der Waals surface area contributed by atoms with E-state index in [0.29, 0.717) is 6.42 Å². The van der Waals surface area contributed by atoms with Crippen LogP contribution < -0.4 is 5.14 Å². The van der Waals surface area contributed by atoms with Gasteiger partial charge in [-0.25, -0.2) is 17.9 Å². The third-order valence-electron chi connectivity index (χ3n) is 4.55. The van der Waals surface area contributed by atoms with Crippen LogP contribution in [0, 0.1) is 5.82 Å². The van der Waals surface area contributed by atoms with E-state index in [9.17, 15) is 12.8 Å². The fourth-order valence-corrected chi connectivity index (χ4v) is 3.92. The number of aromatic nitrogens is 1. The number of nitrogens with two attached hydrogens (primary N) is 1. The molecule has 0 spiro atoms. The molecule has 2 aromatic rings. The number of hydrogen-bond donors (Lipinski definition) is 1. The monoisotopic (exact) mass is 360 g/mol. The Morgan fingerprint density at radius 2 is 2.00 bits per heavy atom. The smallest absolute Gasteiger partial charge is 0.209 e. The van der Waals surface area contributed by atoms with E-state index in [2.05, 4.69) is 17.1 Å². The second kappa shape index (κ2) is 7.06. The Morgan fingerprint density at radius 1 is 1.28 bits per heavy atom. The number of halogens is 1. The average Bonchev–Trinajstić information content (AvgIpc) is 2.59. The molecule has 1 atom stereocenters. The SMILES string of the molecule is C[C@@H](CCS(N)(=O)=O)c1c(-c2ccc(F)cc2)ncc2c1C=CCC2. The lowest BCUT2D eigenvalue weighted by Crippen LogP contribution is -2.18. The van der Waals surface area contributed by atoms with Crippen LogP contribution in [0.1, 0.15) is 42.4 Å². The van der Waals surface area contributed by atoms with E-state index < -0.39 is 10.0 Å². The standard InChI is InChI=1S/C19H21FN2O2S/c1-13(10-11-25(21,23)24)18-17-5-3-2-4-15(17)12-22-19(18)14-6-8-16(20)9-7-14/h3,5-9,12-13H,2,4,10-11H2,1H3,(H2,21,23,24)/t13-/m0/s1. The Kier molecular flexibility index (Phi) is 5.01. The van der Waals surface area contributed by atoms with Crippen LogP contribution in [0.25, 0.3) is 17.3 Å². The van der Waals surface area contributed by atoms with Crippen molar-refractivity contribution >= 4 is 16.1 Å². The highest BCUT2D eigenvalue weighted by atomic mass is 32.2. The van der Waals surface area contributed by atoms with Crippen LogP contribution in [-0.2, 0) is 16.4 Å². The zero-order valence-electron chi connectivity index (χ0n) is 14.1. The number of pyridine rings is 1. The van der Waals surface area contributed by atoms with Gasteiger partial charge in [-0.05, 0) is 66.1 Å². The van der Waals surface area contributed by atoms with Crippen molar-refractivity contribution in [3.8, 4) is 11.3 Å². The highest BCUT2D eigenvalue weighted by Gasteiger charge is 2.22. The molecule has 0 amide bonds. The minimum absolute atomic E-state index is 0.0384. The average molecular weight is 360 g/mol. The Morgan fingerprint density at radius 3 is 2.68 bits per heavy atom. The lowest BCUT2D eigenvalue weighted by molar-refractivity contribution is 0.589. The number of rotatable bonds is 5. The summed E-state index contributed by atoms with van der Waals surface area (Å²) in [5.41, 5.74) is 4.85. The summed E-state index contributed by atoms with van der Waals surface area (Å²) < 4.78 is 36.0. The van der Waals surface area contributed by atoms with Gasteiger partial charge in [0.2, 0.25) is 10.0 Å². The summed E-state index contributed by atoms with van der Waals surface area (Å²) in [5, 5.41) is 5.17. The first-order valence-corrected chi connectivity index (χ1v) is 10.0. The Labute approximate surface area is 147 Å². The summed E-state index contributed by atoms with van der Waals surface area (Å²) in [6, 6.07) is 6.22. The van der Waals surface area contributed by atoms with Gasteiger partial charge in [0.05, 0.1) is 11.4 Å². The summed E-state index contributed by atoms with van der Waals surface area (Å²) >= 11 is 0. The van der Waals surface area contributed by atoms with Gasteiger partial charge in [0.15, 0.2) is 0 Å². The number of sulfonamides is 1. The summed E-state index contributed by atoms with van der Waals surface area (Å²) in [5.74, 6) is -0.418. The van der Waals surface area contributed by atoms with Gasteiger partial charge in [0.1, 0.15) is 5.82 Å². The quantitative estimate of drug-likeness (QED) is 0.885. The first-order chi connectivity index (χ1) is 11.8. The molecule has 0 fully saturated rings. The molecule has 0 bridgehead atoms. The minimum Gasteiger partial charge on any atom is -0.256 e. The molecular weight excluding hydrogens is 339 g/mol. The number of hydrogen-bond acceptors (Lipinski definition) is 3. The zero-order valence-corrected chi connectivity index (χ0v) is 14.9. The van der Waals surface area contributed by atoms with Crippen LogP contribution in [0.5, 0.6) is 0 Å². The molecule has 1 aliphatic carbocycles. The van der Waals surface area contributed by atoms with Crippen molar-refractivity contribution in [2.45, 2.75) is 32.1 Å². The van der Waals surface area contributed by atoms with Crippen molar-refractivity contribution in [2.24, 2.45) is 5.14 Å². The normalized spacial score (nSPS) is 15.0. The molecule has 0 saturated carbocycles. The van der Waals surface area contributed by atoms with Gasteiger partial charge in [-0.15, -0.1) is 0 Å². The first-order valence-electron chi connectivity index (χ1n) is 8.30. The maximum absolute atomic E-state index is 13.3. The molecule has 25 heavy (non-hydrogen) atoms. The lowest BCUT2D eigenvalue weighted by Gasteiger charge is -2.22. The Bertz CT molecular complexity index is 906. The van der Waals surface area contributed by atoms with Crippen molar-refractivity contribution in [1.82, 2.24) is 4.98 Å². The van der Waals surface area contributed by atoms with E-state index in [4.69, 9.17) is 5.14 Å². The maximum Gasteiger partial charge on any atom is 0.209 e. The number of allylic oxidation sites excluding steroid dienone is 1. The number of primary sulfonamides is 1. The van der Waals surface area contributed by atoms with Gasteiger partial charge in [-0.2, -0.15) is 0 Å². The van der Waals surface area contributed by atoms with Gasteiger partial charge >= 0.3 is 0 Å². The molecule has 2 N–H and O–H groups in total. The second-order valence-electron chi connectivity index (χ2n) is 6.46. The van der Waals surface area contributed by atoms with Gasteiger partial charge in [0.25, 0.3) is 0 Å². The molecule has 1 aromatic heterocycles. The van der Waals surface area contributed by atoms with Gasteiger partial charge < -0.3 is 0 Å². The lowest BCUT2D eigenvalue weighted by atomic mass is 9.85. The molecule has 0 unspecified atom stereocenters. The predicted octanol–water partition coefficient (Wildman–Crippen LogP) is 3.63. The molecular formula is C19H21FN2O2S. The van der Waals surface area contributed by atoms with Crippen LogP contribution in [0.2, 0.25) is 0 Å².